The molecule has 4 heteroatoms. The topological polar surface area (TPSA) is 29.1 Å². The fraction of sp³-hybridized carbons (Fsp3) is 0. The molecule has 1 radical (unpaired) electrons. The van der Waals surface area contributed by atoms with E-state index in [9.17, 15) is 4.79 Å². The molecule has 0 aromatic heterocycles. The average molecular weight is 310 g/mol. The maximum atomic E-state index is 11.9. The van der Waals surface area contributed by atoms with Crippen LogP contribution in [0.2, 0.25) is 5.02 Å². The van der Waals surface area contributed by atoms with Crippen LogP contribution >= 0.6 is 27.5 Å². The molecule has 0 unspecified atom stereocenters. The molecular formula is C13H8BrClNO. The number of halogens is 2. The molecular weight excluding hydrogens is 302 g/mol. The van der Waals surface area contributed by atoms with Gasteiger partial charge in [-0.05, 0) is 42.5 Å². The Morgan fingerprint density at radius 3 is 2.59 bits per heavy atom. The number of anilines is 1. The maximum absolute atomic E-state index is 11.9. The van der Waals surface area contributed by atoms with Crippen molar-refractivity contribution in [2.24, 2.45) is 0 Å². The molecule has 1 amide bonds. The first-order valence-electron chi connectivity index (χ1n) is 4.89. The minimum Gasteiger partial charge on any atom is -0.322 e. The highest BCUT2D eigenvalue weighted by Crippen LogP contribution is 2.16. The van der Waals surface area contributed by atoms with Crippen molar-refractivity contribution in [1.82, 2.24) is 0 Å². The van der Waals surface area contributed by atoms with Crippen LogP contribution in [0.4, 0.5) is 5.69 Å². The van der Waals surface area contributed by atoms with Gasteiger partial charge in [0.2, 0.25) is 0 Å². The Kier molecular flexibility index (Phi) is 3.82. The first-order valence-corrected chi connectivity index (χ1v) is 6.06. The summed E-state index contributed by atoms with van der Waals surface area (Å²) in [7, 11) is 0. The van der Waals surface area contributed by atoms with Crippen LogP contribution in [0.15, 0.2) is 46.9 Å². The van der Waals surface area contributed by atoms with E-state index in [4.69, 9.17) is 11.6 Å². The summed E-state index contributed by atoms with van der Waals surface area (Å²) in [5, 5.41) is 3.40. The van der Waals surface area contributed by atoms with Crippen molar-refractivity contribution >= 4 is 39.1 Å². The number of carbonyl (C=O) groups is 1. The molecule has 0 aliphatic rings. The third kappa shape index (κ3) is 3.32. The zero-order valence-electron chi connectivity index (χ0n) is 8.71. The third-order valence-electron chi connectivity index (χ3n) is 2.11. The molecule has 1 N–H and O–H groups in total. The van der Waals surface area contributed by atoms with Crippen LogP contribution in [-0.2, 0) is 0 Å². The minimum atomic E-state index is -0.200. The molecule has 2 aromatic rings. The van der Waals surface area contributed by atoms with Crippen LogP contribution < -0.4 is 5.32 Å². The smallest absolute Gasteiger partial charge is 0.256 e. The summed E-state index contributed by atoms with van der Waals surface area (Å²) in [4.78, 5) is 11.9. The fourth-order valence-corrected chi connectivity index (χ4v) is 1.79. The summed E-state index contributed by atoms with van der Waals surface area (Å²) < 4.78 is 0.845. The van der Waals surface area contributed by atoms with Crippen LogP contribution in [0, 0.1) is 6.07 Å². The van der Waals surface area contributed by atoms with Crippen molar-refractivity contribution in [3.05, 3.63) is 63.6 Å². The molecule has 0 fully saturated rings. The van der Waals surface area contributed by atoms with Gasteiger partial charge in [0.15, 0.2) is 0 Å². The largest absolute Gasteiger partial charge is 0.322 e. The Hall–Kier alpha value is -1.32. The second kappa shape index (κ2) is 5.34. The van der Waals surface area contributed by atoms with Gasteiger partial charge in [-0.25, -0.2) is 0 Å². The predicted octanol–water partition coefficient (Wildman–Crippen LogP) is 4.15. The molecule has 2 rings (SSSR count). The number of hydrogen-bond donors (Lipinski definition) is 1. The van der Waals surface area contributed by atoms with Gasteiger partial charge in [-0.2, -0.15) is 0 Å². The van der Waals surface area contributed by atoms with Gasteiger partial charge in [0.25, 0.3) is 5.91 Å². The van der Waals surface area contributed by atoms with Gasteiger partial charge in [-0.3, -0.25) is 4.79 Å². The van der Waals surface area contributed by atoms with Gasteiger partial charge in [-0.1, -0.05) is 33.6 Å². The maximum Gasteiger partial charge on any atom is 0.256 e. The lowest BCUT2D eigenvalue weighted by atomic mass is 10.2. The molecule has 17 heavy (non-hydrogen) atoms. The van der Waals surface area contributed by atoms with Gasteiger partial charge in [0, 0.05) is 20.7 Å². The zero-order valence-corrected chi connectivity index (χ0v) is 11.0. The molecule has 0 atom stereocenters. The van der Waals surface area contributed by atoms with E-state index in [0.717, 1.165) is 4.47 Å². The van der Waals surface area contributed by atoms with Crippen molar-refractivity contribution < 1.29 is 4.79 Å². The van der Waals surface area contributed by atoms with Crippen molar-refractivity contribution in [3.8, 4) is 0 Å². The second-order valence-electron chi connectivity index (χ2n) is 3.38. The number of amides is 1. The summed E-state index contributed by atoms with van der Waals surface area (Å²) in [5.41, 5.74) is 1.18. The first kappa shape index (κ1) is 12.1. The number of rotatable bonds is 2. The van der Waals surface area contributed by atoms with Crippen molar-refractivity contribution in [2.45, 2.75) is 0 Å². The third-order valence-corrected chi connectivity index (χ3v) is 2.86. The van der Waals surface area contributed by atoms with Gasteiger partial charge in [0.1, 0.15) is 0 Å². The number of benzene rings is 2. The standard InChI is InChI=1S/C13H8BrClNO/c14-10-3-1-2-9(8-10)13(17)16-12-6-4-11(15)5-7-12/h1,3-8H,(H,16,17). The zero-order chi connectivity index (χ0) is 12.3. The Morgan fingerprint density at radius 1 is 1.24 bits per heavy atom. The van der Waals surface area contributed by atoms with Crippen molar-refractivity contribution in [2.75, 3.05) is 5.32 Å². The summed E-state index contributed by atoms with van der Waals surface area (Å²) >= 11 is 9.07. The van der Waals surface area contributed by atoms with E-state index in [1.165, 1.54) is 0 Å². The van der Waals surface area contributed by atoms with Crippen molar-refractivity contribution in [1.29, 1.82) is 0 Å². The van der Waals surface area contributed by atoms with Crippen molar-refractivity contribution in [3.63, 3.8) is 0 Å². The molecule has 2 aromatic carbocycles. The fourth-order valence-electron chi connectivity index (χ4n) is 1.30. The molecule has 0 heterocycles. The van der Waals surface area contributed by atoms with E-state index in [2.05, 4.69) is 27.3 Å². The average Bonchev–Trinajstić information content (AvgIpc) is 2.32. The Bertz CT molecular complexity index is 539. The normalized spacial score (nSPS) is 10.0. The predicted molar refractivity (Wildman–Crippen MR) is 72.4 cm³/mol. The molecule has 0 bridgehead atoms. The Morgan fingerprint density at radius 2 is 1.94 bits per heavy atom. The van der Waals surface area contributed by atoms with E-state index in [-0.39, 0.29) is 5.91 Å². The molecule has 85 valence electrons. The summed E-state index contributed by atoms with van der Waals surface area (Å²) in [6.07, 6.45) is 0. The van der Waals surface area contributed by atoms with Crippen LogP contribution in [0.5, 0.6) is 0 Å². The van der Waals surface area contributed by atoms with Crippen LogP contribution in [0.1, 0.15) is 10.4 Å². The van der Waals surface area contributed by atoms with E-state index < -0.39 is 0 Å². The summed E-state index contributed by atoms with van der Waals surface area (Å²) in [6.45, 7) is 0. The summed E-state index contributed by atoms with van der Waals surface area (Å²) in [5.74, 6) is -0.200. The molecule has 0 aliphatic heterocycles. The van der Waals surface area contributed by atoms with Gasteiger partial charge >= 0.3 is 0 Å². The summed E-state index contributed by atoms with van der Waals surface area (Å²) in [6, 6.07) is 15.0. The van der Waals surface area contributed by atoms with Gasteiger partial charge in [0.05, 0.1) is 0 Å². The first-order chi connectivity index (χ1) is 8.15. The lowest BCUT2D eigenvalue weighted by Gasteiger charge is -2.05. The lowest BCUT2D eigenvalue weighted by molar-refractivity contribution is 0.102. The number of hydrogen-bond acceptors (Lipinski definition) is 1. The Balaban J connectivity index is 2.14. The van der Waals surface area contributed by atoms with Gasteiger partial charge < -0.3 is 5.32 Å². The highest BCUT2D eigenvalue weighted by Gasteiger charge is 2.06. The second-order valence-corrected chi connectivity index (χ2v) is 4.73. The molecule has 0 saturated heterocycles. The van der Waals surface area contributed by atoms with E-state index in [0.29, 0.717) is 16.3 Å². The van der Waals surface area contributed by atoms with E-state index in [1.54, 1.807) is 36.4 Å². The molecule has 0 spiro atoms. The SMILES string of the molecule is O=C(Nc1ccc(Cl)cc1)c1[c]ccc(Br)c1. The highest BCUT2D eigenvalue weighted by molar-refractivity contribution is 9.10. The molecule has 0 aliphatic carbocycles. The lowest BCUT2D eigenvalue weighted by Crippen LogP contribution is -2.11. The van der Waals surface area contributed by atoms with Gasteiger partial charge in [-0.15, -0.1) is 0 Å². The van der Waals surface area contributed by atoms with Crippen LogP contribution in [-0.4, -0.2) is 5.91 Å². The monoisotopic (exact) mass is 308 g/mol. The number of carbonyl (C=O) groups excluding carboxylic acids is 1. The van der Waals surface area contributed by atoms with Crippen LogP contribution in [0.25, 0.3) is 0 Å². The van der Waals surface area contributed by atoms with E-state index >= 15 is 0 Å². The Labute approximate surface area is 113 Å². The van der Waals surface area contributed by atoms with Crippen LogP contribution in [0.3, 0.4) is 0 Å². The molecule has 2 nitrogen and oxygen atoms in total. The minimum absolute atomic E-state index is 0.200. The van der Waals surface area contributed by atoms with E-state index in [1.807, 2.05) is 6.07 Å². The quantitative estimate of drug-likeness (QED) is 0.887. The highest BCUT2D eigenvalue weighted by atomic mass is 79.9. The number of nitrogens with one attached hydrogen (secondary N) is 1. The molecule has 0 saturated carbocycles.